The first-order valence-electron chi connectivity index (χ1n) is 8.88. The maximum absolute atomic E-state index is 12.6. The maximum Gasteiger partial charge on any atom is 0.254 e. The van der Waals surface area contributed by atoms with Crippen LogP contribution in [-0.4, -0.2) is 47.7 Å². The van der Waals surface area contributed by atoms with Crippen LogP contribution in [0.1, 0.15) is 23.2 Å². The highest BCUT2D eigenvalue weighted by atomic mass is 35.5. The van der Waals surface area contributed by atoms with E-state index in [0.717, 1.165) is 25.2 Å². The molecule has 4 rings (SSSR count). The summed E-state index contributed by atoms with van der Waals surface area (Å²) < 4.78 is 11.8. The van der Waals surface area contributed by atoms with Crippen LogP contribution in [0.2, 0.25) is 5.02 Å². The highest BCUT2D eigenvalue weighted by Gasteiger charge is 2.54. The second kappa shape index (κ2) is 7.25. The topological polar surface area (TPSA) is 51.7 Å². The van der Waals surface area contributed by atoms with Crippen molar-refractivity contribution in [3.63, 3.8) is 0 Å². The van der Waals surface area contributed by atoms with Crippen molar-refractivity contribution in [2.45, 2.75) is 18.4 Å². The number of amides is 1. The summed E-state index contributed by atoms with van der Waals surface area (Å²) in [4.78, 5) is 18.5. The predicted molar refractivity (Wildman–Crippen MR) is 98.5 cm³/mol. The molecular formula is C20H21ClN2O3. The molecule has 2 aliphatic rings. The van der Waals surface area contributed by atoms with Gasteiger partial charge in [0.05, 0.1) is 25.9 Å². The van der Waals surface area contributed by atoms with Gasteiger partial charge in [-0.25, -0.2) is 0 Å². The number of pyridine rings is 1. The van der Waals surface area contributed by atoms with Crippen molar-refractivity contribution in [3.05, 3.63) is 59.4 Å². The lowest BCUT2D eigenvalue weighted by Gasteiger charge is -2.50. The summed E-state index contributed by atoms with van der Waals surface area (Å²) >= 11 is 5.99. The van der Waals surface area contributed by atoms with Crippen molar-refractivity contribution in [2.75, 3.05) is 26.3 Å². The summed E-state index contributed by atoms with van der Waals surface area (Å²) in [7, 11) is 0. The van der Waals surface area contributed by atoms with Gasteiger partial charge in [-0.2, -0.15) is 0 Å². The quantitative estimate of drug-likeness (QED) is 0.806. The molecule has 136 valence electrons. The summed E-state index contributed by atoms with van der Waals surface area (Å²) in [6, 6.07) is 10.9. The highest BCUT2D eigenvalue weighted by molar-refractivity contribution is 6.30. The van der Waals surface area contributed by atoms with Gasteiger partial charge in [0, 0.05) is 23.4 Å². The predicted octanol–water partition coefficient (Wildman–Crippen LogP) is 3.44. The lowest BCUT2D eigenvalue weighted by atomic mass is 9.79. The molecule has 1 aromatic carbocycles. The molecule has 3 heterocycles. The molecule has 2 aliphatic heterocycles. The van der Waals surface area contributed by atoms with E-state index in [9.17, 15) is 4.79 Å². The van der Waals surface area contributed by atoms with Gasteiger partial charge in [-0.05, 0) is 49.1 Å². The molecule has 5 nitrogen and oxygen atoms in total. The van der Waals surface area contributed by atoms with Gasteiger partial charge in [0.25, 0.3) is 5.91 Å². The van der Waals surface area contributed by atoms with Gasteiger partial charge >= 0.3 is 0 Å². The average molecular weight is 373 g/mol. The smallest absolute Gasteiger partial charge is 0.254 e. The van der Waals surface area contributed by atoms with E-state index in [2.05, 4.69) is 4.98 Å². The van der Waals surface area contributed by atoms with Crippen molar-refractivity contribution in [3.8, 4) is 5.75 Å². The van der Waals surface area contributed by atoms with E-state index in [1.807, 2.05) is 17.0 Å². The van der Waals surface area contributed by atoms with Gasteiger partial charge in [-0.1, -0.05) is 17.7 Å². The minimum Gasteiger partial charge on any atom is -0.492 e. The maximum atomic E-state index is 12.6. The molecule has 2 aromatic rings. The van der Waals surface area contributed by atoms with Crippen LogP contribution in [0.15, 0.2) is 48.8 Å². The van der Waals surface area contributed by atoms with Crippen LogP contribution in [0.4, 0.5) is 0 Å². The standard InChI is InChI=1S/C20H21ClN2O3/c21-17-4-1-3-15(11-17)19(24)23-13-20(14-23)16(7-10-26-20)6-9-25-18-5-2-8-22-12-18/h1-5,8,11-12,16H,6-7,9-10,13-14H2/t16-/m1/s1. The molecule has 0 N–H and O–H groups in total. The Morgan fingerprint density at radius 2 is 2.23 bits per heavy atom. The van der Waals surface area contributed by atoms with Crippen molar-refractivity contribution >= 4 is 17.5 Å². The molecule has 0 saturated carbocycles. The largest absolute Gasteiger partial charge is 0.492 e. The zero-order valence-corrected chi connectivity index (χ0v) is 15.2. The van der Waals surface area contributed by atoms with Gasteiger partial charge in [-0.3, -0.25) is 9.78 Å². The van der Waals surface area contributed by atoms with Crippen molar-refractivity contribution < 1.29 is 14.3 Å². The zero-order chi connectivity index (χ0) is 18.0. The third-order valence-corrected chi connectivity index (χ3v) is 5.48. The Kier molecular flexibility index (Phi) is 4.83. The Morgan fingerprint density at radius 1 is 1.35 bits per heavy atom. The average Bonchev–Trinajstić information content (AvgIpc) is 3.05. The number of likely N-dealkylation sites (tertiary alicyclic amines) is 1. The van der Waals surface area contributed by atoms with E-state index >= 15 is 0 Å². The van der Waals surface area contributed by atoms with Gasteiger partial charge in [0.1, 0.15) is 11.4 Å². The molecule has 0 unspecified atom stereocenters. The number of benzene rings is 1. The first kappa shape index (κ1) is 17.3. The minimum absolute atomic E-state index is 0.0129. The molecule has 2 fully saturated rings. The molecule has 26 heavy (non-hydrogen) atoms. The van der Waals surface area contributed by atoms with Crippen LogP contribution in [-0.2, 0) is 4.74 Å². The van der Waals surface area contributed by atoms with Gasteiger partial charge in [0.15, 0.2) is 0 Å². The van der Waals surface area contributed by atoms with Crippen molar-refractivity contribution in [1.29, 1.82) is 0 Å². The monoisotopic (exact) mass is 372 g/mol. The SMILES string of the molecule is O=C(c1cccc(Cl)c1)N1CC2(C1)OCC[C@H]2CCOc1cccnc1. The summed E-state index contributed by atoms with van der Waals surface area (Å²) in [6.45, 7) is 2.65. The van der Waals surface area contributed by atoms with Crippen LogP contribution in [0.3, 0.4) is 0 Å². The van der Waals surface area contributed by atoms with Crippen molar-refractivity contribution in [1.82, 2.24) is 9.88 Å². The Labute approximate surface area is 157 Å². The number of carbonyl (C=O) groups is 1. The second-order valence-corrected chi connectivity index (χ2v) is 7.33. The first-order valence-corrected chi connectivity index (χ1v) is 9.26. The van der Waals surface area contributed by atoms with Crippen LogP contribution in [0.5, 0.6) is 5.75 Å². The van der Waals surface area contributed by atoms with E-state index in [-0.39, 0.29) is 11.5 Å². The van der Waals surface area contributed by atoms with Crippen LogP contribution in [0.25, 0.3) is 0 Å². The summed E-state index contributed by atoms with van der Waals surface area (Å²) in [6.07, 6.45) is 5.37. The van der Waals surface area contributed by atoms with Gasteiger partial charge in [0.2, 0.25) is 0 Å². The number of rotatable bonds is 5. The number of nitrogens with zero attached hydrogens (tertiary/aromatic N) is 2. The summed E-state index contributed by atoms with van der Waals surface area (Å²) in [5, 5.41) is 0.577. The minimum atomic E-state index is -0.216. The Bertz CT molecular complexity index is 778. The molecule has 0 aliphatic carbocycles. The molecule has 1 spiro atoms. The van der Waals surface area contributed by atoms with E-state index in [0.29, 0.717) is 36.2 Å². The van der Waals surface area contributed by atoms with Gasteiger partial charge in [-0.15, -0.1) is 0 Å². The lowest BCUT2D eigenvalue weighted by Crippen LogP contribution is -2.66. The van der Waals surface area contributed by atoms with E-state index in [4.69, 9.17) is 21.1 Å². The number of halogens is 1. The van der Waals surface area contributed by atoms with Gasteiger partial charge < -0.3 is 14.4 Å². The summed E-state index contributed by atoms with van der Waals surface area (Å²) in [5.41, 5.74) is 0.411. The Morgan fingerprint density at radius 3 is 3.00 bits per heavy atom. The molecule has 0 radical (unpaired) electrons. The zero-order valence-electron chi connectivity index (χ0n) is 14.4. The van der Waals surface area contributed by atoms with Crippen LogP contribution < -0.4 is 4.74 Å². The normalized spacial score (nSPS) is 20.8. The molecular weight excluding hydrogens is 352 g/mol. The summed E-state index contributed by atoms with van der Waals surface area (Å²) in [5.74, 6) is 1.20. The molecule has 0 bridgehead atoms. The third-order valence-electron chi connectivity index (χ3n) is 5.25. The third kappa shape index (κ3) is 3.41. The lowest BCUT2D eigenvalue weighted by molar-refractivity contribution is -0.119. The fourth-order valence-electron chi connectivity index (χ4n) is 3.84. The molecule has 6 heteroatoms. The molecule has 1 amide bonds. The molecule has 1 aromatic heterocycles. The fourth-order valence-corrected chi connectivity index (χ4v) is 4.03. The fraction of sp³-hybridized carbons (Fsp3) is 0.400. The number of aromatic nitrogens is 1. The van der Waals surface area contributed by atoms with Crippen molar-refractivity contribution in [2.24, 2.45) is 5.92 Å². The first-order chi connectivity index (χ1) is 12.7. The number of hydrogen-bond acceptors (Lipinski definition) is 4. The van der Waals surface area contributed by atoms with Crippen LogP contribution >= 0.6 is 11.6 Å². The van der Waals surface area contributed by atoms with E-state index in [1.165, 1.54) is 0 Å². The number of carbonyl (C=O) groups excluding carboxylic acids is 1. The number of hydrogen-bond donors (Lipinski definition) is 0. The Balaban J connectivity index is 1.32. The molecule has 2 saturated heterocycles. The second-order valence-electron chi connectivity index (χ2n) is 6.90. The Hall–Kier alpha value is -2.11. The highest BCUT2D eigenvalue weighted by Crippen LogP contribution is 2.42. The van der Waals surface area contributed by atoms with E-state index < -0.39 is 0 Å². The van der Waals surface area contributed by atoms with E-state index in [1.54, 1.807) is 36.7 Å². The molecule has 1 atom stereocenters. The van der Waals surface area contributed by atoms with Crippen LogP contribution in [0, 0.1) is 5.92 Å². The number of ether oxygens (including phenoxy) is 2.